The van der Waals surface area contributed by atoms with Gasteiger partial charge in [0.05, 0.1) is 13.7 Å². The van der Waals surface area contributed by atoms with E-state index in [2.05, 4.69) is 0 Å². The van der Waals surface area contributed by atoms with Gasteiger partial charge in [-0.25, -0.2) is 19.2 Å². The van der Waals surface area contributed by atoms with Crippen molar-refractivity contribution >= 4 is 23.9 Å². The highest BCUT2D eigenvalue weighted by molar-refractivity contribution is 6.14. The van der Waals surface area contributed by atoms with E-state index in [0.29, 0.717) is 18.6 Å². The van der Waals surface area contributed by atoms with Crippen molar-refractivity contribution in [3.63, 3.8) is 0 Å². The molecule has 3 N–H and O–H groups in total. The molecule has 29 heavy (non-hydrogen) atoms. The van der Waals surface area contributed by atoms with Gasteiger partial charge in [0, 0.05) is 5.69 Å². The second-order valence-electron chi connectivity index (χ2n) is 5.89. The van der Waals surface area contributed by atoms with Crippen molar-refractivity contribution in [3.8, 4) is 11.4 Å². The minimum atomic E-state index is -1.80. The fourth-order valence-electron chi connectivity index (χ4n) is 2.75. The number of hydrogen-bond acceptors (Lipinski definition) is 6. The van der Waals surface area contributed by atoms with Gasteiger partial charge < -0.3 is 24.8 Å². The zero-order valence-corrected chi connectivity index (χ0v) is 15.7. The van der Waals surface area contributed by atoms with Gasteiger partial charge in [-0.1, -0.05) is 13.3 Å². The molecule has 1 heterocycles. The molecule has 0 saturated carbocycles. The quantitative estimate of drug-likeness (QED) is 0.422. The average Bonchev–Trinajstić information content (AvgIpc) is 3.05. The van der Waals surface area contributed by atoms with Crippen LogP contribution < -0.4 is 4.74 Å². The number of carbonyl (C=O) groups is 4. The number of carbonyl (C=O) groups excluding carboxylic acids is 1. The molecule has 10 heteroatoms. The summed E-state index contributed by atoms with van der Waals surface area (Å²) in [6.45, 7) is 1.81. The number of carboxylic acid groups (broad SMARTS) is 3. The monoisotopic (exact) mass is 405 g/mol. The van der Waals surface area contributed by atoms with E-state index in [9.17, 15) is 34.5 Å². The van der Waals surface area contributed by atoms with Crippen molar-refractivity contribution < 1.29 is 44.0 Å². The fourth-order valence-corrected chi connectivity index (χ4v) is 2.75. The maximum atomic E-state index is 12.7. The van der Waals surface area contributed by atoms with E-state index in [1.165, 1.54) is 31.4 Å². The van der Waals surface area contributed by atoms with Crippen LogP contribution in [-0.4, -0.2) is 57.5 Å². The van der Waals surface area contributed by atoms with Crippen molar-refractivity contribution in [1.29, 1.82) is 0 Å². The molecule has 10 nitrogen and oxygen atoms in total. The number of ether oxygens (including phenoxy) is 2. The highest BCUT2D eigenvalue weighted by Crippen LogP contribution is 2.29. The number of aromatic carboxylic acids is 3. The Morgan fingerprint density at radius 2 is 1.45 bits per heavy atom. The molecule has 0 radical (unpaired) electrons. The minimum Gasteiger partial charge on any atom is -0.497 e. The van der Waals surface area contributed by atoms with Gasteiger partial charge >= 0.3 is 23.9 Å². The molecular formula is C19H19NO9. The van der Waals surface area contributed by atoms with Crippen molar-refractivity contribution in [3.05, 3.63) is 46.8 Å². The summed E-state index contributed by atoms with van der Waals surface area (Å²) in [6.07, 6.45) is 1.19. The lowest BCUT2D eigenvalue weighted by molar-refractivity contribution is 0.0480. The summed E-state index contributed by atoms with van der Waals surface area (Å²) >= 11 is 0. The third-order valence-electron chi connectivity index (χ3n) is 4.06. The van der Waals surface area contributed by atoms with Crippen molar-refractivity contribution in [1.82, 2.24) is 4.57 Å². The predicted molar refractivity (Wildman–Crippen MR) is 98.4 cm³/mol. The average molecular weight is 405 g/mol. The molecule has 0 atom stereocenters. The summed E-state index contributed by atoms with van der Waals surface area (Å²) in [6, 6.07) is 5.64. The maximum absolute atomic E-state index is 12.7. The number of carboxylic acids is 3. The summed E-state index contributed by atoms with van der Waals surface area (Å²) in [5, 5.41) is 28.7. The topological polar surface area (TPSA) is 152 Å². The van der Waals surface area contributed by atoms with E-state index in [-0.39, 0.29) is 12.3 Å². The second-order valence-corrected chi connectivity index (χ2v) is 5.89. The van der Waals surface area contributed by atoms with E-state index < -0.39 is 46.4 Å². The number of rotatable bonds is 9. The fraction of sp³-hybridized carbons (Fsp3) is 0.263. The molecule has 0 aliphatic heterocycles. The van der Waals surface area contributed by atoms with Gasteiger partial charge in [-0.3, -0.25) is 4.57 Å². The Labute approximate surface area is 164 Å². The van der Waals surface area contributed by atoms with E-state index >= 15 is 0 Å². The Kier molecular flexibility index (Phi) is 6.60. The van der Waals surface area contributed by atoms with Crippen LogP contribution in [0.1, 0.15) is 61.5 Å². The predicted octanol–water partition coefficient (Wildman–Crippen LogP) is 2.54. The number of nitrogens with zero attached hydrogens (tertiary/aromatic N) is 1. The largest absolute Gasteiger partial charge is 0.497 e. The molecule has 2 aromatic rings. The van der Waals surface area contributed by atoms with E-state index in [1.54, 1.807) is 0 Å². The van der Waals surface area contributed by atoms with Crippen molar-refractivity contribution in [2.24, 2.45) is 0 Å². The van der Waals surface area contributed by atoms with Gasteiger partial charge in [0.1, 0.15) is 28.3 Å². The molecular weight excluding hydrogens is 386 g/mol. The lowest BCUT2D eigenvalue weighted by Crippen LogP contribution is -2.17. The molecule has 0 fully saturated rings. The first kappa shape index (κ1) is 21.5. The van der Waals surface area contributed by atoms with Crippen LogP contribution in [0.2, 0.25) is 0 Å². The number of aromatic nitrogens is 1. The van der Waals surface area contributed by atoms with Crippen LogP contribution in [0.3, 0.4) is 0 Å². The first-order valence-electron chi connectivity index (χ1n) is 8.54. The Bertz CT molecular complexity index is 957. The SMILES string of the molecule is CCCCOC(=O)c1c(C(=O)O)c(C(=O)O)c(C(=O)O)n1-c1ccc(OC)cc1. The molecule has 0 amide bonds. The first-order chi connectivity index (χ1) is 13.7. The summed E-state index contributed by atoms with van der Waals surface area (Å²) < 4.78 is 10.9. The second kappa shape index (κ2) is 8.91. The standard InChI is InChI=1S/C19H19NO9/c1-3-4-9-29-19(27)15-13(17(23)24)12(16(21)22)14(18(25)26)20(15)10-5-7-11(28-2)8-6-10/h5-8H,3-4,9H2,1-2H3,(H,21,22)(H,23,24)(H,25,26). The Hall–Kier alpha value is -3.82. The molecule has 1 aromatic carbocycles. The van der Waals surface area contributed by atoms with Gasteiger partial charge in [0.25, 0.3) is 0 Å². The number of benzene rings is 1. The van der Waals surface area contributed by atoms with E-state index in [0.717, 1.165) is 4.57 Å². The third-order valence-corrected chi connectivity index (χ3v) is 4.06. The summed E-state index contributed by atoms with van der Waals surface area (Å²) in [4.78, 5) is 48.0. The summed E-state index contributed by atoms with van der Waals surface area (Å²) in [5.41, 5.74) is -3.47. The molecule has 0 saturated heterocycles. The van der Waals surface area contributed by atoms with Gasteiger partial charge in [-0.2, -0.15) is 0 Å². The molecule has 1 aromatic heterocycles. The lowest BCUT2D eigenvalue weighted by atomic mass is 10.1. The highest BCUT2D eigenvalue weighted by atomic mass is 16.5. The van der Waals surface area contributed by atoms with Gasteiger partial charge in [-0.15, -0.1) is 0 Å². The minimum absolute atomic E-state index is 0.0347. The van der Waals surface area contributed by atoms with Crippen molar-refractivity contribution in [2.75, 3.05) is 13.7 Å². The zero-order chi connectivity index (χ0) is 21.7. The van der Waals surface area contributed by atoms with Crippen LogP contribution >= 0.6 is 0 Å². The van der Waals surface area contributed by atoms with Gasteiger partial charge in [0.2, 0.25) is 0 Å². The number of esters is 1. The zero-order valence-electron chi connectivity index (χ0n) is 15.7. The van der Waals surface area contributed by atoms with Crippen LogP contribution in [0, 0.1) is 0 Å². The van der Waals surface area contributed by atoms with Crippen LogP contribution in [0.5, 0.6) is 5.75 Å². The highest BCUT2D eigenvalue weighted by Gasteiger charge is 2.38. The van der Waals surface area contributed by atoms with Crippen LogP contribution in [-0.2, 0) is 4.74 Å². The molecule has 0 aliphatic rings. The van der Waals surface area contributed by atoms with E-state index in [4.69, 9.17) is 9.47 Å². The summed E-state index contributed by atoms with van der Waals surface area (Å²) in [7, 11) is 1.41. The maximum Gasteiger partial charge on any atom is 0.356 e. The van der Waals surface area contributed by atoms with Gasteiger partial charge in [0.15, 0.2) is 0 Å². The Morgan fingerprint density at radius 3 is 1.90 bits per heavy atom. The molecule has 2 rings (SSSR count). The normalized spacial score (nSPS) is 10.4. The van der Waals surface area contributed by atoms with Crippen LogP contribution in [0.4, 0.5) is 0 Å². The number of hydrogen-bond donors (Lipinski definition) is 3. The molecule has 0 bridgehead atoms. The third kappa shape index (κ3) is 4.21. The Balaban J connectivity index is 2.87. The molecule has 154 valence electrons. The van der Waals surface area contributed by atoms with E-state index in [1.807, 2.05) is 6.92 Å². The number of unbranched alkanes of at least 4 members (excludes halogenated alkanes) is 1. The molecule has 0 spiro atoms. The van der Waals surface area contributed by atoms with Crippen molar-refractivity contribution in [2.45, 2.75) is 19.8 Å². The smallest absolute Gasteiger partial charge is 0.356 e. The molecule has 0 unspecified atom stereocenters. The summed E-state index contributed by atoms with van der Waals surface area (Å²) in [5.74, 6) is -5.99. The van der Waals surface area contributed by atoms with Crippen LogP contribution in [0.15, 0.2) is 24.3 Å². The number of methoxy groups -OCH3 is 1. The van der Waals surface area contributed by atoms with Crippen LogP contribution in [0.25, 0.3) is 5.69 Å². The Morgan fingerprint density at radius 1 is 0.897 bits per heavy atom. The lowest BCUT2D eigenvalue weighted by Gasteiger charge is -2.12. The molecule has 0 aliphatic carbocycles. The first-order valence-corrected chi connectivity index (χ1v) is 8.54. The van der Waals surface area contributed by atoms with Gasteiger partial charge in [-0.05, 0) is 30.7 Å².